The highest BCUT2D eigenvalue weighted by atomic mass is 32.2. The first-order valence-electron chi connectivity index (χ1n) is 5.92. The highest BCUT2D eigenvalue weighted by Crippen LogP contribution is 2.43. The van der Waals surface area contributed by atoms with Crippen LogP contribution in [0.2, 0.25) is 0 Å². The van der Waals surface area contributed by atoms with Crippen LogP contribution in [-0.4, -0.2) is 21.6 Å². The number of hydrogen-bond acceptors (Lipinski definition) is 3. The fourth-order valence-corrected chi connectivity index (χ4v) is 4.67. The molecule has 0 radical (unpaired) electrons. The van der Waals surface area contributed by atoms with Crippen molar-refractivity contribution in [2.75, 3.05) is 0 Å². The van der Waals surface area contributed by atoms with E-state index in [9.17, 15) is 0 Å². The monoisotopic (exact) mass is 222 g/mol. The molecule has 3 heteroatoms. The van der Waals surface area contributed by atoms with Gasteiger partial charge in [-0.3, -0.25) is 0 Å². The van der Waals surface area contributed by atoms with Gasteiger partial charge in [0.25, 0.3) is 0 Å². The molecule has 0 aromatic rings. The number of thioether (sulfide) groups is 1. The molecule has 0 spiro atoms. The van der Waals surface area contributed by atoms with Gasteiger partial charge in [-0.05, 0) is 25.3 Å². The molecule has 1 saturated carbocycles. The third-order valence-electron chi connectivity index (χ3n) is 3.75. The molecule has 2 N–H and O–H groups in total. The van der Waals surface area contributed by atoms with E-state index in [-0.39, 0.29) is 0 Å². The molecule has 0 aromatic heterocycles. The molecule has 1 heterocycles. The van der Waals surface area contributed by atoms with Gasteiger partial charge in [0, 0.05) is 16.2 Å². The number of allylic oxidation sites excluding steroid dienone is 3. The second kappa shape index (κ2) is 3.87. The first-order valence-corrected chi connectivity index (χ1v) is 6.86. The van der Waals surface area contributed by atoms with Gasteiger partial charge in [0.1, 0.15) is 0 Å². The Hall–Kier alpha value is -0.410. The number of rotatable bonds is 0. The summed E-state index contributed by atoms with van der Waals surface area (Å²) in [6.45, 7) is 0. The maximum atomic E-state index is 6.26. The van der Waals surface area contributed by atoms with Crippen LogP contribution in [0.4, 0.5) is 0 Å². The average molecular weight is 222 g/mol. The lowest BCUT2D eigenvalue weighted by molar-refractivity contribution is 0.196. The van der Waals surface area contributed by atoms with Crippen LogP contribution >= 0.6 is 11.8 Å². The van der Waals surface area contributed by atoms with Crippen LogP contribution in [0.1, 0.15) is 32.1 Å². The average Bonchev–Trinajstić information content (AvgIpc) is 2.30. The van der Waals surface area contributed by atoms with Gasteiger partial charge in [-0.15, -0.1) is 11.8 Å². The molecule has 3 unspecified atom stereocenters. The molecule has 1 aliphatic heterocycles. The number of nitrogens with zero attached hydrogens (tertiary/aromatic N) is 1. The largest absolute Gasteiger partial charge is 0.310 e. The summed E-state index contributed by atoms with van der Waals surface area (Å²) in [5.41, 5.74) is 1.35. The smallest absolute Gasteiger partial charge is 0.0568 e. The maximum Gasteiger partial charge on any atom is 0.0568 e. The van der Waals surface area contributed by atoms with E-state index < -0.39 is 0 Å². The van der Waals surface area contributed by atoms with Crippen LogP contribution in [-0.2, 0) is 0 Å². The summed E-state index contributed by atoms with van der Waals surface area (Å²) in [5.74, 6) is 6.26. The van der Waals surface area contributed by atoms with Gasteiger partial charge in [0.15, 0.2) is 0 Å². The minimum Gasteiger partial charge on any atom is -0.310 e. The van der Waals surface area contributed by atoms with Crippen molar-refractivity contribution in [2.24, 2.45) is 5.84 Å². The summed E-state index contributed by atoms with van der Waals surface area (Å²) in [4.78, 5) is 0. The van der Waals surface area contributed by atoms with E-state index in [1.807, 2.05) is 0 Å². The van der Waals surface area contributed by atoms with Crippen molar-refractivity contribution < 1.29 is 0 Å². The summed E-state index contributed by atoms with van der Waals surface area (Å²) < 4.78 is 0. The molecule has 15 heavy (non-hydrogen) atoms. The Labute approximate surface area is 95.5 Å². The molecule has 0 bridgehead atoms. The van der Waals surface area contributed by atoms with Crippen molar-refractivity contribution in [1.29, 1.82) is 0 Å². The van der Waals surface area contributed by atoms with Gasteiger partial charge >= 0.3 is 0 Å². The van der Waals surface area contributed by atoms with E-state index in [0.717, 1.165) is 11.7 Å². The van der Waals surface area contributed by atoms with Gasteiger partial charge in [-0.25, -0.2) is 5.84 Å². The zero-order chi connectivity index (χ0) is 10.3. The first-order chi connectivity index (χ1) is 7.36. The molecule has 2 fully saturated rings. The van der Waals surface area contributed by atoms with E-state index in [2.05, 4.69) is 35.0 Å². The van der Waals surface area contributed by atoms with E-state index in [0.29, 0.717) is 11.3 Å². The lowest BCUT2D eigenvalue weighted by atomic mass is 9.93. The van der Waals surface area contributed by atoms with Crippen LogP contribution < -0.4 is 5.84 Å². The van der Waals surface area contributed by atoms with Crippen molar-refractivity contribution in [3.8, 4) is 0 Å². The van der Waals surface area contributed by atoms with Crippen molar-refractivity contribution in [3.63, 3.8) is 0 Å². The molecule has 3 atom stereocenters. The van der Waals surface area contributed by atoms with Crippen LogP contribution in [0.15, 0.2) is 23.9 Å². The minimum absolute atomic E-state index is 0.595. The Morgan fingerprint density at radius 1 is 1.33 bits per heavy atom. The second-order valence-electron chi connectivity index (χ2n) is 4.68. The van der Waals surface area contributed by atoms with Gasteiger partial charge in [0.2, 0.25) is 0 Å². The van der Waals surface area contributed by atoms with Crippen molar-refractivity contribution in [2.45, 2.75) is 48.6 Å². The van der Waals surface area contributed by atoms with Crippen LogP contribution in [0.3, 0.4) is 0 Å². The van der Waals surface area contributed by atoms with Gasteiger partial charge in [-0.1, -0.05) is 25.0 Å². The molecule has 2 aliphatic carbocycles. The lowest BCUT2D eigenvalue weighted by Crippen LogP contribution is -2.53. The zero-order valence-electron chi connectivity index (χ0n) is 8.93. The van der Waals surface area contributed by atoms with E-state index in [1.54, 1.807) is 0 Å². The van der Waals surface area contributed by atoms with Crippen LogP contribution in [0.25, 0.3) is 0 Å². The molecule has 82 valence electrons. The predicted octanol–water partition coefficient (Wildman–Crippen LogP) is 2.43. The van der Waals surface area contributed by atoms with E-state index in [4.69, 9.17) is 5.84 Å². The zero-order valence-corrected chi connectivity index (χ0v) is 9.75. The molecule has 2 nitrogen and oxygen atoms in total. The molecule has 3 aliphatic rings. The molecule has 0 amide bonds. The summed E-state index contributed by atoms with van der Waals surface area (Å²) in [6.07, 6.45) is 13.2. The Morgan fingerprint density at radius 3 is 3.13 bits per heavy atom. The number of hydrazine groups is 1. The predicted molar refractivity (Wildman–Crippen MR) is 65.3 cm³/mol. The Morgan fingerprint density at radius 2 is 2.20 bits per heavy atom. The normalized spacial score (nSPS) is 39.4. The van der Waals surface area contributed by atoms with E-state index >= 15 is 0 Å². The summed E-state index contributed by atoms with van der Waals surface area (Å²) in [5, 5.41) is 3.48. The number of fused-ring (bicyclic) bond motifs is 2. The highest BCUT2D eigenvalue weighted by Gasteiger charge is 2.39. The maximum absolute atomic E-state index is 6.26. The van der Waals surface area contributed by atoms with Crippen LogP contribution in [0.5, 0.6) is 0 Å². The van der Waals surface area contributed by atoms with Crippen LogP contribution in [0, 0.1) is 0 Å². The summed E-state index contributed by atoms with van der Waals surface area (Å²) in [7, 11) is 0. The van der Waals surface area contributed by atoms with Gasteiger partial charge < -0.3 is 5.01 Å². The van der Waals surface area contributed by atoms with E-state index in [1.165, 1.54) is 31.4 Å². The quantitative estimate of drug-likeness (QED) is 0.638. The lowest BCUT2D eigenvalue weighted by Gasteiger charge is -2.47. The van der Waals surface area contributed by atoms with Crippen molar-refractivity contribution >= 4 is 11.8 Å². The van der Waals surface area contributed by atoms with Crippen molar-refractivity contribution in [1.82, 2.24) is 5.01 Å². The molecular weight excluding hydrogens is 204 g/mol. The third kappa shape index (κ3) is 1.62. The fourth-order valence-electron chi connectivity index (χ4n) is 2.93. The van der Waals surface area contributed by atoms with Gasteiger partial charge in [0.05, 0.1) is 6.04 Å². The fraction of sp³-hybridized carbons (Fsp3) is 0.667. The minimum atomic E-state index is 0.595. The number of hydrogen-bond donors (Lipinski definition) is 1. The second-order valence-corrected chi connectivity index (χ2v) is 6.12. The molecule has 3 rings (SSSR count). The highest BCUT2D eigenvalue weighted by molar-refractivity contribution is 8.00. The first kappa shape index (κ1) is 9.79. The molecule has 0 aromatic carbocycles. The number of nitrogens with two attached hydrogens (primary N) is 1. The summed E-state index contributed by atoms with van der Waals surface area (Å²) in [6, 6.07) is 0.595. The topological polar surface area (TPSA) is 29.3 Å². The Bertz CT molecular complexity index is 311. The summed E-state index contributed by atoms with van der Waals surface area (Å²) >= 11 is 2.16. The standard InChI is InChI=1S/C12H18N2S/c13-14-9-5-1-3-7-11(9)15-12-8-4-2-6-10(12)14/h1,3,5,10-12H,2,4,6-8,13H2. The Kier molecular flexibility index (Phi) is 2.53. The third-order valence-corrected chi connectivity index (χ3v) is 5.41. The SMILES string of the molecule is NN1C2=CC=CCC2SC2CCCCC21. The molecular formula is C12H18N2S. The Balaban J connectivity index is 1.86. The van der Waals surface area contributed by atoms with Crippen molar-refractivity contribution in [3.05, 3.63) is 23.9 Å². The molecule has 1 saturated heterocycles. The van der Waals surface area contributed by atoms with Gasteiger partial charge in [-0.2, -0.15) is 0 Å².